The standard InChI is InChI=1S/C8H8O2.C4H10/c9-8-7-4-2-1-3-6(7)5-10-8;1-3-4-2/h2,4H,1,3,5H2;3-4H2,1-2H3. The summed E-state index contributed by atoms with van der Waals surface area (Å²) in [7, 11) is 0. The second-order valence-electron chi connectivity index (χ2n) is 3.53. The molecule has 0 N–H and O–H groups in total. The molecular formula is C12H18O2. The molecule has 2 rings (SSSR count). The Hall–Kier alpha value is -1.05. The van der Waals surface area contributed by atoms with Crippen molar-refractivity contribution in [2.75, 3.05) is 6.61 Å². The maximum absolute atomic E-state index is 10.9. The van der Waals surface area contributed by atoms with Gasteiger partial charge in [0.2, 0.25) is 0 Å². The predicted octanol–water partition coefficient (Wildman–Crippen LogP) is 3.00. The highest BCUT2D eigenvalue weighted by Gasteiger charge is 2.23. The summed E-state index contributed by atoms with van der Waals surface area (Å²) in [6.07, 6.45) is 8.58. The van der Waals surface area contributed by atoms with Gasteiger partial charge in [-0.25, -0.2) is 4.79 Å². The molecule has 0 aromatic heterocycles. The first-order valence-electron chi connectivity index (χ1n) is 5.35. The first-order valence-corrected chi connectivity index (χ1v) is 5.35. The Morgan fingerprint density at radius 3 is 2.64 bits per heavy atom. The molecule has 0 aromatic carbocycles. The third-order valence-electron chi connectivity index (χ3n) is 2.38. The Kier molecular flexibility index (Phi) is 4.44. The van der Waals surface area contributed by atoms with Crippen LogP contribution in [0.5, 0.6) is 0 Å². The zero-order valence-electron chi connectivity index (χ0n) is 9.01. The number of esters is 1. The maximum atomic E-state index is 10.9. The van der Waals surface area contributed by atoms with Gasteiger partial charge in [-0.05, 0) is 18.4 Å². The van der Waals surface area contributed by atoms with E-state index in [1.165, 1.54) is 18.4 Å². The van der Waals surface area contributed by atoms with Gasteiger partial charge in [-0.3, -0.25) is 0 Å². The van der Waals surface area contributed by atoms with Crippen molar-refractivity contribution in [1.29, 1.82) is 0 Å². The molecule has 0 fully saturated rings. The van der Waals surface area contributed by atoms with E-state index in [0.29, 0.717) is 6.61 Å². The van der Waals surface area contributed by atoms with Crippen molar-refractivity contribution in [1.82, 2.24) is 0 Å². The van der Waals surface area contributed by atoms with E-state index in [4.69, 9.17) is 4.74 Å². The van der Waals surface area contributed by atoms with Gasteiger partial charge in [0.15, 0.2) is 0 Å². The van der Waals surface area contributed by atoms with Gasteiger partial charge >= 0.3 is 5.97 Å². The largest absolute Gasteiger partial charge is 0.458 e. The minimum Gasteiger partial charge on any atom is -0.458 e. The lowest BCUT2D eigenvalue weighted by atomic mass is 10.0. The van der Waals surface area contributed by atoms with Crippen LogP contribution in [0.1, 0.15) is 39.5 Å². The average molecular weight is 194 g/mol. The molecule has 1 heterocycles. The normalized spacial score (nSPS) is 18.6. The van der Waals surface area contributed by atoms with Crippen LogP contribution in [0.4, 0.5) is 0 Å². The van der Waals surface area contributed by atoms with Crippen LogP contribution in [0.25, 0.3) is 0 Å². The molecular weight excluding hydrogens is 176 g/mol. The first kappa shape index (κ1) is 11.0. The molecule has 1 aliphatic heterocycles. The molecule has 0 unspecified atom stereocenters. The summed E-state index contributed by atoms with van der Waals surface area (Å²) in [4.78, 5) is 10.9. The lowest BCUT2D eigenvalue weighted by molar-refractivity contribution is -0.135. The van der Waals surface area contributed by atoms with E-state index in [2.05, 4.69) is 13.8 Å². The van der Waals surface area contributed by atoms with E-state index in [1.807, 2.05) is 12.2 Å². The Morgan fingerprint density at radius 2 is 2.07 bits per heavy atom. The highest BCUT2D eigenvalue weighted by molar-refractivity contribution is 5.95. The maximum Gasteiger partial charge on any atom is 0.338 e. The SMILES string of the molecule is CCCC.O=C1OCC2=C1C=CCC2. The fourth-order valence-electron chi connectivity index (χ4n) is 1.30. The third kappa shape index (κ3) is 2.72. The van der Waals surface area contributed by atoms with E-state index in [9.17, 15) is 4.79 Å². The van der Waals surface area contributed by atoms with E-state index < -0.39 is 0 Å². The van der Waals surface area contributed by atoms with Gasteiger partial charge in [0, 0.05) is 0 Å². The van der Waals surface area contributed by atoms with Crippen molar-refractivity contribution in [3.8, 4) is 0 Å². The molecule has 2 nitrogen and oxygen atoms in total. The second kappa shape index (κ2) is 5.63. The summed E-state index contributed by atoms with van der Waals surface area (Å²) < 4.78 is 4.84. The Morgan fingerprint density at radius 1 is 1.36 bits per heavy atom. The van der Waals surface area contributed by atoms with Gasteiger partial charge < -0.3 is 4.74 Å². The van der Waals surface area contributed by atoms with Crippen molar-refractivity contribution >= 4 is 5.97 Å². The fraction of sp³-hybridized carbons (Fsp3) is 0.583. The number of rotatable bonds is 1. The number of hydrogen-bond acceptors (Lipinski definition) is 2. The molecule has 0 saturated heterocycles. The topological polar surface area (TPSA) is 26.3 Å². The van der Waals surface area contributed by atoms with Crippen molar-refractivity contribution in [2.45, 2.75) is 39.5 Å². The Balaban J connectivity index is 0.000000213. The van der Waals surface area contributed by atoms with Crippen molar-refractivity contribution in [3.63, 3.8) is 0 Å². The van der Waals surface area contributed by atoms with E-state index >= 15 is 0 Å². The molecule has 0 amide bonds. The molecule has 0 aromatic rings. The molecule has 0 radical (unpaired) electrons. The van der Waals surface area contributed by atoms with Crippen LogP contribution >= 0.6 is 0 Å². The summed E-state index contributed by atoms with van der Waals surface area (Å²) in [6, 6.07) is 0. The zero-order valence-corrected chi connectivity index (χ0v) is 9.01. The smallest absolute Gasteiger partial charge is 0.338 e. The molecule has 0 atom stereocenters. The van der Waals surface area contributed by atoms with E-state index in [-0.39, 0.29) is 5.97 Å². The van der Waals surface area contributed by atoms with E-state index in [0.717, 1.165) is 18.4 Å². The second-order valence-corrected chi connectivity index (χ2v) is 3.53. The summed E-state index contributed by atoms with van der Waals surface area (Å²) in [5, 5.41) is 0. The molecule has 1 aliphatic carbocycles. The first-order chi connectivity index (χ1) is 6.79. The van der Waals surface area contributed by atoms with Gasteiger partial charge in [-0.2, -0.15) is 0 Å². The molecule has 78 valence electrons. The predicted molar refractivity (Wildman–Crippen MR) is 56.9 cm³/mol. The van der Waals surface area contributed by atoms with Crippen LogP contribution in [0, 0.1) is 0 Å². The van der Waals surface area contributed by atoms with Crippen LogP contribution < -0.4 is 0 Å². The van der Waals surface area contributed by atoms with Crippen LogP contribution in [-0.2, 0) is 9.53 Å². The van der Waals surface area contributed by atoms with Gasteiger partial charge in [0.05, 0.1) is 5.57 Å². The number of carbonyl (C=O) groups excluding carboxylic acids is 1. The molecule has 2 heteroatoms. The fourth-order valence-corrected chi connectivity index (χ4v) is 1.30. The van der Waals surface area contributed by atoms with Gasteiger partial charge in [0.25, 0.3) is 0 Å². The number of unbranched alkanes of at least 4 members (excludes halogenated alkanes) is 1. The number of hydrogen-bond donors (Lipinski definition) is 0. The molecule has 0 spiro atoms. The minimum absolute atomic E-state index is 0.147. The van der Waals surface area contributed by atoms with Crippen molar-refractivity contribution in [3.05, 3.63) is 23.3 Å². The quantitative estimate of drug-likeness (QED) is 0.600. The number of cyclic esters (lactones) is 1. The van der Waals surface area contributed by atoms with Crippen molar-refractivity contribution in [2.24, 2.45) is 0 Å². The average Bonchev–Trinajstić information content (AvgIpc) is 2.62. The Labute approximate surface area is 85.6 Å². The molecule has 0 bridgehead atoms. The van der Waals surface area contributed by atoms with Crippen LogP contribution in [-0.4, -0.2) is 12.6 Å². The Bertz CT molecular complexity index is 255. The number of allylic oxidation sites excluding steroid dienone is 1. The highest BCUT2D eigenvalue weighted by atomic mass is 16.5. The summed E-state index contributed by atoms with van der Waals surface area (Å²) in [5.74, 6) is -0.147. The highest BCUT2D eigenvalue weighted by Crippen LogP contribution is 2.25. The summed E-state index contributed by atoms with van der Waals surface area (Å²) in [6.45, 7) is 4.89. The van der Waals surface area contributed by atoms with Crippen LogP contribution in [0.15, 0.2) is 23.3 Å². The molecule has 0 saturated carbocycles. The van der Waals surface area contributed by atoms with Crippen molar-refractivity contribution < 1.29 is 9.53 Å². The zero-order chi connectivity index (χ0) is 10.4. The molecule has 2 aliphatic rings. The van der Waals surface area contributed by atoms with Crippen LogP contribution in [0.2, 0.25) is 0 Å². The summed E-state index contributed by atoms with van der Waals surface area (Å²) >= 11 is 0. The van der Waals surface area contributed by atoms with E-state index in [1.54, 1.807) is 0 Å². The van der Waals surface area contributed by atoms with Gasteiger partial charge in [-0.15, -0.1) is 0 Å². The lowest BCUT2D eigenvalue weighted by Crippen LogP contribution is -1.97. The minimum atomic E-state index is -0.147. The number of carbonyl (C=O) groups is 1. The van der Waals surface area contributed by atoms with Gasteiger partial charge in [-0.1, -0.05) is 38.8 Å². The summed E-state index contributed by atoms with van der Waals surface area (Å²) in [5.41, 5.74) is 1.97. The van der Waals surface area contributed by atoms with Crippen LogP contribution in [0.3, 0.4) is 0 Å². The third-order valence-corrected chi connectivity index (χ3v) is 2.38. The monoisotopic (exact) mass is 194 g/mol. The lowest BCUT2D eigenvalue weighted by Gasteiger charge is -2.01. The molecule has 14 heavy (non-hydrogen) atoms. The van der Waals surface area contributed by atoms with Gasteiger partial charge in [0.1, 0.15) is 6.61 Å². The number of ether oxygens (including phenoxy) is 1.